The number of thioether (sulfide) groups is 1. The van der Waals surface area contributed by atoms with Crippen LogP contribution in [0.3, 0.4) is 0 Å². The van der Waals surface area contributed by atoms with E-state index in [4.69, 9.17) is 15.8 Å². The maximum Gasteiger partial charge on any atom is 0.274 e. The van der Waals surface area contributed by atoms with Crippen molar-refractivity contribution in [2.24, 2.45) is 10.9 Å². The number of hydrogen-bond acceptors (Lipinski definition) is 6. The zero-order valence-electron chi connectivity index (χ0n) is 22.6. The van der Waals surface area contributed by atoms with Crippen LogP contribution in [-0.4, -0.2) is 44.8 Å². The smallest absolute Gasteiger partial charge is 0.274 e. The van der Waals surface area contributed by atoms with Gasteiger partial charge in [-0.1, -0.05) is 45.1 Å². The molecule has 198 valence electrons. The van der Waals surface area contributed by atoms with Crippen molar-refractivity contribution in [3.63, 3.8) is 0 Å². The number of amides is 1. The van der Waals surface area contributed by atoms with Crippen molar-refractivity contribution in [3.8, 4) is 0 Å². The monoisotopic (exact) mass is 520 g/mol. The highest BCUT2D eigenvalue weighted by molar-refractivity contribution is 8.13. The number of pyridine rings is 1. The molecule has 0 bridgehead atoms. The van der Waals surface area contributed by atoms with E-state index in [2.05, 4.69) is 31.1 Å². The van der Waals surface area contributed by atoms with E-state index in [1.165, 1.54) is 6.34 Å². The summed E-state index contributed by atoms with van der Waals surface area (Å²) in [7, 11) is 0. The van der Waals surface area contributed by atoms with Crippen LogP contribution in [0.5, 0.6) is 0 Å². The Kier molecular flexibility index (Phi) is 12.8. The maximum absolute atomic E-state index is 13.1. The van der Waals surface area contributed by atoms with Crippen LogP contribution in [0.2, 0.25) is 0 Å². The van der Waals surface area contributed by atoms with Gasteiger partial charge in [-0.25, -0.2) is 0 Å². The van der Waals surface area contributed by atoms with E-state index in [1.807, 2.05) is 44.3 Å². The normalized spacial score (nSPS) is 15.0. The highest BCUT2D eigenvalue weighted by Gasteiger charge is 2.29. The minimum absolute atomic E-state index is 0.260. The second kappa shape index (κ2) is 15.8. The van der Waals surface area contributed by atoms with E-state index < -0.39 is 0 Å². The van der Waals surface area contributed by atoms with E-state index in [-0.39, 0.29) is 11.9 Å². The molecule has 0 aliphatic heterocycles. The number of allylic oxidation sites excluding steroid dienone is 5. The largest absolute Gasteiger partial charge is 0.321 e. The lowest BCUT2D eigenvalue weighted by Gasteiger charge is -2.18. The third-order valence-electron chi connectivity index (χ3n) is 5.42. The molecule has 1 saturated carbocycles. The summed E-state index contributed by atoms with van der Waals surface area (Å²) in [5.74, 6) is 1.64. The SMILES string of the molecule is C/C=C\C(=C/CC(=N)N(C=N)C1CC1)NC(=O)c1cc(C(/C=C\C)=C/N=C(CC)SCC(C)C)ccn1. The van der Waals surface area contributed by atoms with Gasteiger partial charge in [0.2, 0.25) is 0 Å². The average Bonchev–Trinajstić information content (AvgIpc) is 3.72. The summed E-state index contributed by atoms with van der Waals surface area (Å²) in [6.45, 7) is 10.3. The van der Waals surface area contributed by atoms with E-state index in [9.17, 15) is 4.79 Å². The number of aromatic nitrogens is 1. The second-order valence-electron chi connectivity index (χ2n) is 9.13. The Morgan fingerprint density at radius 2 is 2.03 bits per heavy atom. The van der Waals surface area contributed by atoms with Crippen LogP contribution in [0.15, 0.2) is 65.6 Å². The molecule has 1 aromatic heterocycles. The Hall–Kier alpha value is -3.26. The first-order chi connectivity index (χ1) is 17.8. The Morgan fingerprint density at radius 1 is 1.30 bits per heavy atom. The first-order valence-corrected chi connectivity index (χ1v) is 13.8. The van der Waals surface area contributed by atoms with Crippen molar-refractivity contribution in [2.45, 2.75) is 66.3 Å². The average molecular weight is 521 g/mol. The van der Waals surface area contributed by atoms with Crippen LogP contribution in [0, 0.1) is 16.7 Å². The lowest BCUT2D eigenvalue weighted by atomic mass is 10.1. The van der Waals surface area contributed by atoms with Crippen molar-refractivity contribution in [3.05, 3.63) is 71.9 Å². The first kappa shape index (κ1) is 30.0. The summed E-state index contributed by atoms with van der Waals surface area (Å²) in [6, 6.07) is 3.90. The Balaban J connectivity index is 2.20. The van der Waals surface area contributed by atoms with Crippen LogP contribution in [0.25, 0.3) is 5.57 Å². The van der Waals surface area contributed by atoms with Gasteiger partial charge in [0.05, 0.1) is 11.4 Å². The van der Waals surface area contributed by atoms with Crippen molar-refractivity contribution < 1.29 is 4.79 Å². The predicted octanol–water partition coefficient (Wildman–Crippen LogP) is 6.82. The molecule has 1 aliphatic rings. The zero-order chi connectivity index (χ0) is 27.2. The molecule has 37 heavy (non-hydrogen) atoms. The molecule has 3 N–H and O–H groups in total. The van der Waals surface area contributed by atoms with Crippen LogP contribution in [0.1, 0.15) is 76.4 Å². The van der Waals surface area contributed by atoms with Crippen LogP contribution < -0.4 is 5.32 Å². The molecule has 2 rings (SSSR count). The Labute approximate surface area is 226 Å². The Morgan fingerprint density at radius 3 is 2.62 bits per heavy atom. The number of carbonyl (C=O) groups is 1. The number of amidine groups is 1. The van der Waals surface area contributed by atoms with Gasteiger partial charge in [0, 0.05) is 36.3 Å². The molecule has 0 atom stereocenters. The summed E-state index contributed by atoms with van der Waals surface area (Å²) in [5, 5.41) is 19.8. The van der Waals surface area contributed by atoms with Crippen molar-refractivity contribution in [1.82, 2.24) is 15.2 Å². The van der Waals surface area contributed by atoms with Crippen molar-refractivity contribution in [1.29, 1.82) is 10.8 Å². The Bertz CT molecular complexity index is 1100. The van der Waals surface area contributed by atoms with E-state index in [1.54, 1.807) is 41.1 Å². The number of aliphatic imine (C=N–C) groups is 1. The maximum atomic E-state index is 13.1. The number of carbonyl (C=O) groups excluding carboxylic acids is 1. The van der Waals surface area contributed by atoms with Gasteiger partial charge in [-0.15, -0.1) is 11.8 Å². The molecule has 7 nitrogen and oxygen atoms in total. The second-order valence-corrected chi connectivity index (χ2v) is 10.2. The molecule has 1 heterocycles. The van der Waals surface area contributed by atoms with Crippen LogP contribution in [-0.2, 0) is 0 Å². The highest BCUT2D eigenvalue weighted by Crippen LogP contribution is 2.26. The topological polar surface area (TPSA) is 105 Å². The van der Waals surface area contributed by atoms with Gasteiger partial charge in [-0.2, -0.15) is 0 Å². The lowest BCUT2D eigenvalue weighted by molar-refractivity contribution is 0.0962. The molecule has 0 saturated heterocycles. The molecule has 0 radical (unpaired) electrons. The fraction of sp³-hybridized carbons (Fsp3) is 0.414. The molecule has 8 heteroatoms. The summed E-state index contributed by atoms with van der Waals surface area (Å²) in [4.78, 5) is 23.8. The lowest BCUT2D eigenvalue weighted by Crippen LogP contribution is -2.30. The van der Waals surface area contributed by atoms with Crippen LogP contribution in [0.4, 0.5) is 0 Å². The highest BCUT2D eigenvalue weighted by atomic mass is 32.2. The number of nitrogens with zero attached hydrogens (tertiary/aromatic N) is 3. The van der Waals surface area contributed by atoms with Gasteiger partial charge in [0.25, 0.3) is 5.91 Å². The number of hydrogen-bond donors (Lipinski definition) is 3. The molecule has 1 aliphatic carbocycles. The van der Waals surface area contributed by atoms with Gasteiger partial charge in [0.1, 0.15) is 11.5 Å². The molecule has 1 fully saturated rings. The van der Waals surface area contributed by atoms with Gasteiger partial charge >= 0.3 is 0 Å². The molecule has 1 amide bonds. The summed E-state index contributed by atoms with van der Waals surface area (Å²) in [5.41, 5.74) is 2.65. The van der Waals surface area contributed by atoms with Crippen LogP contribution >= 0.6 is 11.8 Å². The summed E-state index contributed by atoms with van der Waals surface area (Å²) >= 11 is 1.78. The molecule has 1 aromatic rings. The number of rotatable bonds is 13. The van der Waals surface area contributed by atoms with Crippen molar-refractivity contribution >= 4 is 40.5 Å². The summed E-state index contributed by atoms with van der Waals surface area (Å²) in [6.07, 6.45) is 17.3. The zero-order valence-corrected chi connectivity index (χ0v) is 23.4. The summed E-state index contributed by atoms with van der Waals surface area (Å²) < 4.78 is 0. The molecule has 0 unspecified atom stereocenters. The van der Waals surface area contributed by atoms with Gasteiger partial charge in [-0.05, 0) is 68.4 Å². The predicted molar refractivity (Wildman–Crippen MR) is 158 cm³/mol. The molecule has 0 spiro atoms. The minimum Gasteiger partial charge on any atom is -0.321 e. The fourth-order valence-electron chi connectivity index (χ4n) is 3.37. The van der Waals surface area contributed by atoms with E-state index >= 15 is 0 Å². The van der Waals surface area contributed by atoms with Crippen molar-refractivity contribution in [2.75, 3.05) is 5.75 Å². The minimum atomic E-state index is -0.325. The van der Waals surface area contributed by atoms with Gasteiger partial charge in [-0.3, -0.25) is 25.6 Å². The molecular weight excluding hydrogens is 480 g/mol. The first-order valence-electron chi connectivity index (χ1n) is 12.8. The van der Waals surface area contributed by atoms with Gasteiger partial charge < -0.3 is 10.2 Å². The third-order valence-corrected chi connectivity index (χ3v) is 6.98. The molecule has 0 aromatic carbocycles. The van der Waals surface area contributed by atoms with Gasteiger partial charge in [0.15, 0.2) is 0 Å². The standard InChI is InChI=1S/C29H40N6OS/c1-6-9-23(18-33-28(8-3)37-19-21(4)5)22-15-16-32-26(17-22)29(36)34-24(10-7-2)11-14-27(31)35(20-30)25-12-13-25/h6-7,9-11,15-18,20-21,25,30-31H,8,12-14,19H2,1-5H3,(H,34,36)/b9-6-,10-7-,23-18+,24-11+,30-20?,31-27?,33-28?. The quantitative estimate of drug-likeness (QED) is 0.151. The fourth-order valence-corrected chi connectivity index (χ4v) is 4.22. The third kappa shape index (κ3) is 10.3. The van der Waals surface area contributed by atoms with E-state index in [0.717, 1.165) is 41.2 Å². The number of nitrogens with one attached hydrogen (secondary N) is 3. The molecular formula is C29H40N6OS. The van der Waals surface area contributed by atoms with E-state index in [0.29, 0.717) is 29.6 Å².